The Kier molecular flexibility index (Phi) is 6.03. The van der Waals surface area contributed by atoms with E-state index in [9.17, 15) is 0 Å². The van der Waals surface area contributed by atoms with Crippen LogP contribution in [0.1, 0.15) is 31.9 Å². The average Bonchev–Trinajstić information content (AvgIpc) is 2.27. The number of benzene rings is 1. The molecule has 3 heteroatoms. The van der Waals surface area contributed by atoms with Crippen molar-refractivity contribution in [3.8, 4) is 0 Å². The fraction of sp³-hybridized carbons (Fsp3) is 0.571. The van der Waals surface area contributed by atoms with E-state index in [1.807, 2.05) is 11.8 Å². The Hall–Kier alpha value is -0.510. The zero-order chi connectivity index (χ0) is 12.8. The smallest absolute Gasteiger partial charge is 0.0356 e. The van der Waals surface area contributed by atoms with Crippen molar-refractivity contribution < 1.29 is 0 Å². The van der Waals surface area contributed by atoms with Crippen LogP contribution >= 0.6 is 11.8 Å². The molecule has 2 nitrogen and oxygen atoms in total. The molecule has 0 heterocycles. The Balaban J connectivity index is 2.80. The second-order valence-corrected chi connectivity index (χ2v) is 6.03. The highest BCUT2D eigenvalue weighted by Crippen LogP contribution is 2.26. The third-order valence-corrected chi connectivity index (χ3v) is 3.69. The lowest BCUT2D eigenvalue weighted by molar-refractivity contribution is 0.272. The summed E-state index contributed by atoms with van der Waals surface area (Å²) in [6.45, 7) is 4.25. The summed E-state index contributed by atoms with van der Waals surface area (Å²) in [6, 6.07) is 9.51. The van der Waals surface area contributed by atoms with Crippen molar-refractivity contribution in [3.63, 3.8) is 0 Å². The van der Waals surface area contributed by atoms with E-state index in [-0.39, 0.29) is 6.04 Å². The SMILES string of the molecule is CCSc1ccc(C(CC(C)N)N(C)C)cc1. The molecule has 96 valence electrons. The monoisotopic (exact) mass is 252 g/mol. The van der Waals surface area contributed by atoms with Gasteiger partial charge in [-0.25, -0.2) is 0 Å². The lowest BCUT2D eigenvalue weighted by Crippen LogP contribution is -2.27. The van der Waals surface area contributed by atoms with Crippen LogP contribution in [0.3, 0.4) is 0 Å². The minimum atomic E-state index is 0.229. The summed E-state index contributed by atoms with van der Waals surface area (Å²) in [7, 11) is 4.23. The fourth-order valence-corrected chi connectivity index (χ4v) is 2.61. The van der Waals surface area contributed by atoms with Crippen molar-refractivity contribution in [3.05, 3.63) is 29.8 Å². The van der Waals surface area contributed by atoms with Gasteiger partial charge in [0.05, 0.1) is 0 Å². The third-order valence-electron chi connectivity index (χ3n) is 2.79. The van der Waals surface area contributed by atoms with Crippen LogP contribution in [0.15, 0.2) is 29.2 Å². The van der Waals surface area contributed by atoms with E-state index in [1.165, 1.54) is 10.5 Å². The van der Waals surface area contributed by atoms with E-state index >= 15 is 0 Å². The number of hydrogen-bond acceptors (Lipinski definition) is 3. The van der Waals surface area contributed by atoms with Crippen LogP contribution < -0.4 is 5.73 Å². The molecule has 0 aliphatic carbocycles. The summed E-state index contributed by atoms with van der Waals surface area (Å²) in [6.07, 6.45) is 0.993. The van der Waals surface area contributed by atoms with Crippen LogP contribution in [0.4, 0.5) is 0 Å². The average molecular weight is 252 g/mol. The van der Waals surface area contributed by atoms with Crippen molar-refractivity contribution in [1.29, 1.82) is 0 Å². The normalized spacial score (nSPS) is 14.9. The number of nitrogens with zero attached hydrogens (tertiary/aromatic N) is 1. The van der Waals surface area contributed by atoms with E-state index in [2.05, 4.69) is 57.1 Å². The predicted octanol–water partition coefficient (Wildman–Crippen LogP) is 3.14. The van der Waals surface area contributed by atoms with E-state index in [0.717, 1.165) is 12.2 Å². The van der Waals surface area contributed by atoms with Gasteiger partial charge in [0.25, 0.3) is 0 Å². The van der Waals surface area contributed by atoms with Crippen molar-refractivity contribution in [1.82, 2.24) is 4.90 Å². The maximum atomic E-state index is 5.92. The molecule has 1 aromatic rings. The predicted molar refractivity (Wildman–Crippen MR) is 77.5 cm³/mol. The molecule has 0 aliphatic heterocycles. The van der Waals surface area contributed by atoms with Gasteiger partial charge in [-0.1, -0.05) is 19.1 Å². The van der Waals surface area contributed by atoms with Gasteiger partial charge < -0.3 is 10.6 Å². The molecule has 0 saturated heterocycles. The summed E-state index contributed by atoms with van der Waals surface area (Å²) in [4.78, 5) is 3.58. The van der Waals surface area contributed by atoms with Gasteiger partial charge in [-0.05, 0) is 50.9 Å². The third kappa shape index (κ3) is 4.70. The van der Waals surface area contributed by atoms with E-state index in [0.29, 0.717) is 6.04 Å². The summed E-state index contributed by atoms with van der Waals surface area (Å²) < 4.78 is 0. The Morgan fingerprint density at radius 2 is 1.82 bits per heavy atom. The molecule has 0 amide bonds. The summed E-state index contributed by atoms with van der Waals surface area (Å²) in [5, 5.41) is 0. The van der Waals surface area contributed by atoms with Gasteiger partial charge >= 0.3 is 0 Å². The maximum Gasteiger partial charge on any atom is 0.0356 e. The topological polar surface area (TPSA) is 29.3 Å². The molecule has 1 aromatic carbocycles. The summed E-state index contributed by atoms with van der Waals surface area (Å²) in [5.41, 5.74) is 7.27. The lowest BCUT2D eigenvalue weighted by atomic mass is 9.99. The highest BCUT2D eigenvalue weighted by Gasteiger charge is 2.15. The molecule has 0 bridgehead atoms. The molecule has 2 unspecified atom stereocenters. The Labute approximate surface area is 110 Å². The van der Waals surface area contributed by atoms with Crippen molar-refractivity contribution in [2.45, 2.75) is 37.2 Å². The Morgan fingerprint density at radius 1 is 1.24 bits per heavy atom. The number of nitrogens with two attached hydrogens (primary N) is 1. The standard InChI is InChI=1S/C14H24N2S/c1-5-17-13-8-6-12(7-9-13)14(16(3)4)10-11(2)15/h6-9,11,14H,5,10,15H2,1-4H3. The van der Waals surface area contributed by atoms with Crippen molar-refractivity contribution in [2.75, 3.05) is 19.8 Å². The van der Waals surface area contributed by atoms with Crippen LogP contribution in [0.5, 0.6) is 0 Å². The maximum absolute atomic E-state index is 5.92. The highest BCUT2D eigenvalue weighted by atomic mass is 32.2. The van der Waals surface area contributed by atoms with Gasteiger partial charge in [0.2, 0.25) is 0 Å². The minimum absolute atomic E-state index is 0.229. The largest absolute Gasteiger partial charge is 0.328 e. The first-order valence-corrected chi connectivity index (χ1v) is 7.18. The number of hydrogen-bond donors (Lipinski definition) is 1. The molecule has 0 saturated carbocycles. The van der Waals surface area contributed by atoms with E-state index < -0.39 is 0 Å². The van der Waals surface area contributed by atoms with Crippen molar-refractivity contribution >= 4 is 11.8 Å². The molecule has 2 N–H and O–H groups in total. The van der Waals surface area contributed by atoms with Crippen LogP contribution in [-0.2, 0) is 0 Å². The lowest BCUT2D eigenvalue weighted by Gasteiger charge is -2.26. The van der Waals surface area contributed by atoms with Gasteiger partial charge in [-0.2, -0.15) is 0 Å². The molecular formula is C14H24N2S. The highest BCUT2D eigenvalue weighted by molar-refractivity contribution is 7.99. The molecule has 0 spiro atoms. The Bertz CT molecular complexity index is 319. The second kappa shape index (κ2) is 7.04. The first kappa shape index (κ1) is 14.6. The zero-order valence-corrected chi connectivity index (χ0v) is 12.1. The summed E-state index contributed by atoms with van der Waals surface area (Å²) in [5.74, 6) is 1.12. The number of thioether (sulfide) groups is 1. The quantitative estimate of drug-likeness (QED) is 0.789. The van der Waals surface area contributed by atoms with Crippen molar-refractivity contribution in [2.24, 2.45) is 5.73 Å². The molecule has 0 aromatic heterocycles. The van der Waals surface area contributed by atoms with E-state index in [4.69, 9.17) is 5.73 Å². The second-order valence-electron chi connectivity index (χ2n) is 4.69. The zero-order valence-electron chi connectivity index (χ0n) is 11.3. The summed E-state index contributed by atoms with van der Waals surface area (Å²) >= 11 is 1.88. The van der Waals surface area contributed by atoms with Crippen LogP contribution in [0, 0.1) is 0 Å². The molecule has 17 heavy (non-hydrogen) atoms. The Morgan fingerprint density at radius 3 is 2.24 bits per heavy atom. The molecule has 0 aliphatic rings. The molecule has 0 fully saturated rings. The molecule has 2 atom stereocenters. The first-order chi connectivity index (χ1) is 8.04. The molecule has 0 radical (unpaired) electrons. The van der Waals surface area contributed by atoms with Crippen LogP contribution in [-0.4, -0.2) is 30.8 Å². The van der Waals surface area contributed by atoms with Gasteiger partial charge in [0.15, 0.2) is 0 Å². The van der Waals surface area contributed by atoms with Gasteiger partial charge in [-0.15, -0.1) is 11.8 Å². The van der Waals surface area contributed by atoms with Crippen LogP contribution in [0.25, 0.3) is 0 Å². The van der Waals surface area contributed by atoms with Gasteiger partial charge in [0, 0.05) is 17.0 Å². The molecular weight excluding hydrogens is 228 g/mol. The first-order valence-electron chi connectivity index (χ1n) is 6.19. The fourth-order valence-electron chi connectivity index (χ4n) is 1.95. The van der Waals surface area contributed by atoms with E-state index in [1.54, 1.807) is 0 Å². The van der Waals surface area contributed by atoms with Gasteiger partial charge in [-0.3, -0.25) is 0 Å². The minimum Gasteiger partial charge on any atom is -0.328 e. The molecule has 1 rings (SSSR count). The van der Waals surface area contributed by atoms with Crippen LogP contribution in [0.2, 0.25) is 0 Å². The van der Waals surface area contributed by atoms with Gasteiger partial charge in [0.1, 0.15) is 0 Å². The number of rotatable bonds is 6.